The number of amides is 2. The van der Waals surface area contributed by atoms with Crippen LogP contribution in [0.1, 0.15) is 37.9 Å². The van der Waals surface area contributed by atoms with Gasteiger partial charge < -0.3 is 10.2 Å². The molecule has 0 bridgehead atoms. The minimum absolute atomic E-state index is 0.0581. The zero-order chi connectivity index (χ0) is 16.3. The third-order valence-electron chi connectivity index (χ3n) is 3.27. The SMILES string of the molecule is Cc1csc(CNC(=O)[C@@H]2CSCN2C(=O)CC(C)(C)C)n1. The summed E-state index contributed by atoms with van der Waals surface area (Å²) in [4.78, 5) is 30.8. The lowest BCUT2D eigenvalue weighted by Crippen LogP contribution is -2.47. The van der Waals surface area contributed by atoms with Crippen LogP contribution in [-0.4, -0.2) is 39.4 Å². The van der Waals surface area contributed by atoms with Gasteiger partial charge in [0.1, 0.15) is 11.0 Å². The van der Waals surface area contributed by atoms with Crippen molar-refractivity contribution >= 4 is 34.9 Å². The Kier molecular flexibility index (Phi) is 5.50. The summed E-state index contributed by atoms with van der Waals surface area (Å²) in [5.74, 6) is 1.24. The van der Waals surface area contributed by atoms with Gasteiger partial charge in [0.05, 0.1) is 12.4 Å². The van der Waals surface area contributed by atoms with Crippen molar-refractivity contribution in [3.8, 4) is 0 Å². The highest BCUT2D eigenvalue weighted by molar-refractivity contribution is 7.99. The van der Waals surface area contributed by atoms with Crippen molar-refractivity contribution in [3.63, 3.8) is 0 Å². The van der Waals surface area contributed by atoms with E-state index in [2.05, 4.69) is 10.3 Å². The van der Waals surface area contributed by atoms with Crippen LogP contribution in [0.25, 0.3) is 0 Å². The Morgan fingerprint density at radius 2 is 2.18 bits per heavy atom. The lowest BCUT2D eigenvalue weighted by Gasteiger charge is -2.26. The van der Waals surface area contributed by atoms with Crippen LogP contribution in [0, 0.1) is 12.3 Å². The molecule has 0 spiro atoms. The lowest BCUT2D eigenvalue weighted by molar-refractivity contribution is -0.139. The average molecular weight is 342 g/mol. The molecule has 2 heterocycles. The number of hydrogen-bond donors (Lipinski definition) is 1. The Labute approximate surface area is 139 Å². The maximum atomic E-state index is 12.4. The van der Waals surface area contributed by atoms with Crippen molar-refractivity contribution < 1.29 is 9.59 Å². The molecule has 7 heteroatoms. The topological polar surface area (TPSA) is 62.3 Å². The van der Waals surface area contributed by atoms with E-state index in [9.17, 15) is 9.59 Å². The molecule has 0 aliphatic carbocycles. The van der Waals surface area contributed by atoms with Gasteiger partial charge in [-0.3, -0.25) is 9.59 Å². The molecule has 122 valence electrons. The summed E-state index contributed by atoms with van der Waals surface area (Å²) in [5.41, 5.74) is 0.900. The Hall–Kier alpha value is -1.08. The fraction of sp³-hybridized carbons (Fsp3) is 0.667. The van der Waals surface area contributed by atoms with Crippen LogP contribution >= 0.6 is 23.1 Å². The number of carbonyl (C=O) groups is 2. The number of hydrogen-bond acceptors (Lipinski definition) is 5. The highest BCUT2D eigenvalue weighted by atomic mass is 32.2. The molecule has 0 saturated carbocycles. The molecule has 1 atom stereocenters. The first kappa shape index (κ1) is 17.3. The van der Waals surface area contributed by atoms with E-state index < -0.39 is 0 Å². The van der Waals surface area contributed by atoms with Crippen molar-refractivity contribution in [1.82, 2.24) is 15.2 Å². The third kappa shape index (κ3) is 4.71. The van der Waals surface area contributed by atoms with Crippen LogP contribution in [0.2, 0.25) is 0 Å². The Morgan fingerprint density at radius 3 is 2.77 bits per heavy atom. The van der Waals surface area contributed by atoms with Gasteiger partial charge in [-0.15, -0.1) is 23.1 Å². The van der Waals surface area contributed by atoms with E-state index in [1.807, 2.05) is 33.1 Å². The molecule has 1 saturated heterocycles. The molecule has 5 nitrogen and oxygen atoms in total. The van der Waals surface area contributed by atoms with Gasteiger partial charge in [-0.2, -0.15) is 0 Å². The summed E-state index contributed by atoms with van der Waals surface area (Å²) < 4.78 is 0. The molecule has 1 fully saturated rings. The van der Waals surface area contributed by atoms with Crippen LogP contribution in [0.3, 0.4) is 0 Å². The maximum Gasteiger partial charge on any atom is 0.244 e. The van der Waals surface area contributed by atoms with E-state index in [-0.39, 0.29) is 23.3 Å². The van der Waals surface area contributed by atoms with Crippen LogP contribution in [0.5, 0.6) is 0 Å². The van der Waals surface area contributed by atoms with Crippen molar-refractivity contribution in [2.24, 2.45) is 5.41 Å². The number of nitrogens with zero attached hydrogens (tertiary/aromatic N) is 2. The van der Waals surface area contributed by atoms with Gasteiger partial charge in [0, 0.05) is 23.2 Å². The van der Waals surface area contributed by atoms with Gasteiger partial charge in [-0.25, -0.2) is 4.98 Å². The Bertz CT molecular complexity index is 551. The predicted molar refractivity (Wildman–Crippen MR) is 90.7 cm³/mol. The van der Waals surface area contributed by atoms with Crippen molar-refractivity contribution in [2.75, 3.05) is 11.6 Å². The van der Waals surface area contributed by atoms with E-state index >= 15 is 0 Å². The molecule has 2 rings (SSSR count). The molecule has 2 amide bonds. The first-order chi connectivity index (χ1) is 10.3. The second-order valence-corrected chi connectivity index (χ2v) is 8.66. The van der Waals surface area contributed by atoms with Crippen LogP contribution in [-0.2, 0) is 16.1 Å². The normalized spacial score (nSPS) is 18.5. The van der Waals surface area contributed by atoms with Crippen LogP contribution in [0.15, 0.2) is 5.38 Å². The molecule has 0 aromatic carbocycles. The molecule has 22 heavy (non-hydrogen) atoms. The smallest absolute Gasteiger partial charge is 0.244 e. The summed E-state index contributed by atoms with van der Waals surface area (Å²) in [5, 5.41) is 5.76. The van der Waals surface area contributed by atoms with Gasteiger partial charge >= 0.3 is 0 Å². The predicted octanol–water partition coefficient (Wildman–Crippen LogP) is 2.41. The zero-order valence-corrected chi connectivity index (χ0v) is 15.1. The molecule has 1 aliphatic rings. The Morgan fingerprint density at radius 1 is 1.45 bits per heavy atom. The fourth-order valence-electron chi connectivity index (χ4n) is 2.23. The highest BCUT2D eigenvalue weighted by Gasteiger charge is 2.35. The molecule has 1 aromatic rings. The van der Waals surface area contributed by atoms with Gasteiger partial charge in [0.15, 0.2) is 0 Å². The van der Waals surface area contributed by atoms with Gasteiger partial charge in [0.25, 0.3) is 0 Å². The molecular weight excluding hydrogens is 318 g/mol. The van der Waals surface area contributed by atoms with Crippen LogP contribution < -0.4 is 5.32 Å². The summed E-state index contributed by atoms with van der Waals surface area (Å²) in [6.07, 6.45) is 0.461. The molecule has 1 aromatic heterocycles. The molecular formula is C15H23N3O2S2. The number of carbonyl (C=O) groups excluding carboxylic acids is 2. The number of rotatable bonds is 4. The monoisotopic (exact) mass is 341 g/mol. The number of nitrogens with one attached hydrogen (secondary N) is 1. The van der Waals surface area contributed by atoms with Gasteiger partial charge in [-0.05, 0) is 12.3 Å². The quantitative estimate of drug-likeness (QED) is 0.913. The first-order valence-corrected chi connectivity index (χ1v) is 9.35. The van der Waals surface area contributed by atoms with E-state index in [1.165, 1.54) is 11.3 Å². The largest absolute Gasteiger partial charge is 0.348 e. The fourth-order valence-corrected chi connectivity index (χ4v) is 4.12. The van der Waals surface area contributed by atoms with E-state index in [0.29, 0.717) is 24.6 Å². The van der Waals surface area contributed by atoms with Crippen molar-refractivity contribution in [1.29, 1.82) is 0 Å². The zero-order valence-electron chi connectivity index (χ0n) is 13.5. The van der Waals surface area contributed by atoms with Crippen LogP contribution in [0.4, 0.5) is 0 Å². The van der Waals surface area contributed by atoms with E-state index in [4.69, 9.17) is 0 Å². The summed E-state index contributed by atoms with van der Waals surface area (Å²) in [6.45, 7) is 8.47. The standard InChI is InChI=1S/C15H23N3O2S2/c1-10-7-22-12(17-10)6-16-14(20)11-8-21-9-18(11)13(19)5-15(2,3)4/h7,11H,5-6,8-9H2,1-4H3,(H,16,20)/t11-/m0/s1. The maximum absolute atomic E-state index is 12.4. The van der Waals surface area contributed by atoms with E-state index in [0.717, 1.165) is 10.7 Å². The molecule has 0 unspecified atom stereocenters. The van der Waals surface area contributed by atoms with Gasteiger partial charge in [-0.1, -0.05) is 20.8 Å². The minimum Gasteiger partial charge on any atom is -0.348 e. The molecule has 1 aliphatic heterocycles. The third-order valence-corrected chi connectivity index (χ3v) is 5.25. The second kappa shape index (κ2) is 7.00. The number of aryl methyl sites for hydroxylation is 1. The van der Waals surface area contributed by atoms with E-state index in [1.54, 1.807) is 16.7 Å². The summed E-state index contributed by atoms with van der Waals surface area (Å²) in [7, 11) is 0. The number of aromatic nitrogens is 1. The second-order valence-electron chi connectivity index (χ2n) is 6.72. The number of thiazole rings is 1. The van der Waals surface area contributed by atoms with Crippen molar-refractivity contribution in [2.45, 2.75) is 46.7 Å². The highest BCUT2D eigenvalue weighted by Crippen LogP contribution is 2.26. The molecule has 0 radical (unpaired) electrons. The minimum atomic E-state index is -0.360. The number of thioether (sulfide) groups is 1. The summed E-state index contributed by atoms with van der Waals surface area (Å²) >= 11 is 3.17. The Balaban J connectivity index is 1.91. The van der Waals surface area contributed by atoms with Gasteiger partial charge in [0.2, 0.25) is 11.8 Å². The average Bonchev–Trinajstić information content (AvgIpc) is 3.02. The van der Waals surface area contributed by atoms with Crippen molar-refractivity contribution in [3.05, 3.63) is 16.1 Å². The summed E-state index contributed by atoms with van der Waals surface area (Å²) in [6, 6.07) is -0.360. The first-order valence-electron chi connectivity index (χ1n) is 7.32. The molecule has 1 N–H and O–H groups in total. The lowest BCUT2D eigenvalue weighted by atomic mass is 9.91.